The van der Waals surface area contributed by atoms with Crippen molar-refractivity contribution < 1.29 is 8.42 Å². The van der Waals surface area contributed by atoms with E-state index in [-0.39, 0.29) is 0 Å². The second-order valence-electron chi connectivity index (χ2n) is 6.70. The lowest BCUT2D eigenvalue weighted by molar-refractivity contribution is 0.602. The van der Waals surface area contributed by atoms with E-state index < -0.39 is 10.0 Å². The SMILES string of the molecule is O=S(=O)(Nc1cccc2c1C1CCC2N1)c1sccc1C1CC1. The Balaban J connectivity index is 1.54. The zero-order valence-corrected chi connectivity index (χ0v) is 14.2. The molecule has 3 aliphatic rings. The van der Waals surface area contributed by atoms with Crippen LogP contribution in [0.4, 0.5) is 5.69 Å². The molecule has 2 fully saturated rings. The summed E-state index contributed by atoms with van der Waals surface area (Å²) in [5.41, 5.74) is 4.15. The summed E-state index contributed by atoms with van der Waals surface area (Å²) in [5.74, 6) is 0.437. The van der Waals surface area contributed by atoms with Crippen LogP contribution in [0.15, 0.2) is 33.9 Å². The first kappa shape index (κ1) is 14.0. The van der Waals surface area contributed by atoms with E-state index in [2.05, 4.69) is 16.1 Å². The highest BCUT2D eigenvalue weighted by Gasteiger charge is 2.39. The predicted octanol–water partition coefficient (Wildman–Crippen LogP) is 3.91. The van der Waals surface area contributed by atoms with Crippen LogP contribution in [0.5, 0.6) is 0 Å². The molecule has 2 aromatic rings. The van der Waals surface area contributed by atoms with Crippen molar-refractivity contribution in [1.82, 2.24) is 5.32 Å². The third kappa shape index (κ3) is 2.16. The first-order chi connectivity index (χ1) is 11.1. The Bertz CT molecular complexity index is 884. The number of benzene rings is 1. The van der Waals surface area contributed by atoms with Gasteiger partial charge >= 0.3 is 0 Å². The summed E-state index contributed by atoms with van der Waals surface area (Å²) in [6.45, 7) is 0. The number of hydrogen-bond donors (Lipinski definition) is 2. The smallest absolute Gasteiger partial charge is 0.271 e. The number of sulfonamides is 1. The Morgan fingerprint density at radius 2 is 1.87 bits per heavy atom. The van der Waals surface area contributed by atoms with Gasteiger partial charge in [0.25, 0.3) is 10.0 Å². The maximum absolute atomic E-state index is 12.9. The lowest BCUT2D eigenvalue weighted by Crippen LogP contribution is -2.16. The summed E-state index contributed by atoms with van der Waals surface area (Å²) in [6, 6.07) is 8.61. The molecule has 5 rings (SSSR count). The summed E-state index contributed by atoms with van der Waals surface area (Å²) >= 11 is 1.33. The average Bonchev–Trinajstić information content (AvgIpc) is 2.99. The molecule has 2 bridgehead atoms. The van der Waals surface area contributed by atoms with Crippen LogP contribution in [0.25, 0.3) is 0 Å². The fraction of sp³-hybridized carbons (Fsp3) is 0.412. The molecule has 2 atom stereocenters. The largest absolute Gasteiger partial charge is 0.303 e. The van der Waals surface area contributed by atoms with Crippen molar-refractivity contribution in [1.29, 1.82) is 0 Å². The van der Waals surface area contributed by atoms with Crippen molar-refractivity contribution in [3.8, 4) is 0 Å². The van der Waals surface area contributed by atoms with Crippen molar-refractivity contribution >= 4 is 27.0 Å². The summed E-state index contributed by atoms with van der Waals surface area (Å²) in [4.78, 5) is 0. The number of rotatable bonds is 4. The lowest BCUT2D eigenvalue weighted by Gasteiger charge is -2.18. The van der Waals surface area contributed by atoms with Gasteiger partial charge in [-0.2, -0.15) is 0 Å². The fourth-order valence-electron chi connectivity index (χ4n) is 3.99. The minimum Gasteiger partial charge on any atom is -0.303 e. The number of hydrogen-bond acceptors (Lipinski definition) is 4. The highest BCUT2D eigenvalue weighted by atomic mass is 32.2. The predicted molar refractivity (Wildman–Crippen MR) is 91.4 cm³/mol. The highest BCUT2D eigenvalue weighted by Crippen LogP contribution is 2.49. The van der Waals surface area contributed by atoms with Crippen LogP contribution >= 0.6 is 11.3 Å². The molecule has 1 aliphatic carbocycles. The highest BCUT2D eigenvalue weighted by molar-refractivity contribution is 7.94. The molecule has 1 saturated heterocycles. The standard InChI is InChI=1S/C17H18N2O2S2/c20-23(21,17-11(8-9-22-17)10-4-5-10)19-15-3-1-2-12-13-6-7-14(18-13)16(12)15/h1-3,8-10,13-14,18-19H,4-7H2. The Hall–Kier alpha value is -1.37. The first-order valence-corrected chi connectivity index (χ1v) is 10.5. The fourth-order valence-corrected chi connectivity index (χ4v) is 6.61. The minimum absolute atomic E-state index is 0.292. The van der Waals surface area contributed by atoms with Gasteiger partial charge in [0.15, 0.2) is 0 Å². The topological polar surface area (TPSA) is 58.2 Å². The van der Waals surface area contributed by atoms with Gasteiger partial charge in [-0.25, -0.2) is 8.42 Å². The van der Waals surface area contributed by atoms with Gasteiger partial charge in [-0.1, -0.05) is 12.1 Å². The second kappa shape index (κ2) is 4.82. The van der Waals surface area contributed by atoms with Crippen LogP contribution in [-0.2, 0) is 10.0 Å². The van der Waals surface area contributed by atoms with Gasteiger partial charge < -0.3 is 5.32 Å². The molecule has 0 spiro atoms. The van der Waals surface area contributed by atoms with Gasteiger partial charge in [-0.15, -0.1) is 11.3 Å². The molecule has 120 valence electrons. The molecule has 2 aliphatic heterocycles. The molecular formula is C17H18N2O2S2. The monoisotopic (exact) mass is 346 g/mol. The zero-order chi connectivity index (χ0) is 15.6. The van der Waals surface area contributed by atoms with E-state index >= 15 is 0 Å². The number of nitrogens with one attached hydrogen (secondary N) is 2. The summed E-state index contributed by atoms with van der Waals surface area (Å²) in [7, 11) is -3.50. The molecule has 4 nitrogen and oxygen atoms in total. The Morgan fingerprint density at radius 1 is 1.04 bits per heavy atom. The Kier molecular flexibility index (Phi) is 2.93. The van der Waals surface area contributed by atoms with Gasteiger partial charge in [-0.05, 0) is 65.8 Å². The van der Waals surface area contributed by atoms with Crippen molar-refractivity contribution in [2.24, 2.45) is 0 Å². The van der Waals surface area contributed by atoms with E-state index in [1.165, 1.54) is 16.9 Å². The molecular weight excluding hydrogens is 328 g/mol. The summed E-state index contributed by atoms with van der Waals surface area (Å²) in [5, 5.41) is 5.45. The number of anilines is 1. The molecule has 3 heterocycles. The third-order valence-electron chi connectivity index (χ3n) is 5.17. The molecule has 1 aromatic heterocycles. The maximum atomic E-state index is 12.9. The van der Waals surface area contributed by atoms with E-state index in [9.17, 15) is 8.42 Å². The molecule has 2 N–H and O–H groups in total. The summed E-state index contributed by atoms with van der Waals surface area (Å²) in [6.07, 6.45) is 4.44. The second-order valence-corrected chi connectivity index (χ2v) is 9.49. The molecule has 2 unspecified atom stereocenters. The van der Waals surface area contributed by atoms with Crippen LogP contribution < -0.4 is 10.0 Å². The molecule has 1 saturated carbocycles. The number of fused-ring (bicyclic) bond motifs is 5. The van der Waals surface area contributed by atoms with Crippen LogP contribution in [-0.4, -0.2) is 8.42 Å². The number of thiophene rings is 1. The molecule has 0 amide bonds. The van der Waals surface area contributed by atoms with E-state index in [0.717, 1.165) is 42.5 Å². The van der Waals surface area contributed by atoms with E-state index in [0.29, 0.717) is 22.2 Å². The molecule has 1 aromatic carbocycles. The summed E-state index contributed by atoms with van der Waals surface area (Å²) < 4.78 is 29.2. The van der Waals surface area contributed by atoms with E-state index in [1.54, 1.807) is 0 Å². The third-order valence-corrected chi connectivity index (χ3v) is 8.06. The molecule has 0 radical (unpaired) electrons. The van der Waals surface area contributed by atoms with Crippen molar-refractivity contribution in [2.45, 2.75) is 47.9 Å². The van der Waals surface area contributed by atoms with Crippen LogP contribution in [0, 0.1) is 0 Å². The van der Waals surface area contributed by atoms with Crippen LogP contribution in [0.2, 0.25) is 0 Å². The van der Waals surface area contributed by atoms with Crippen LogP contribution in [0.3, 0.4) is 0 Å². The minimum atomic E-state index is -3.50. The van der Waals surface area contributed by atoms with E-state index in [4.69, 9.17) is 0 Å². The molecule has 23 heavy (non-hydrogen) atoms. The lowest BCUT2D eigenvalue weighted by atomic mass is 9.91. The Labute approximate surface area is 140 Å². The van der Waals surface area contributed by atoms with Gasteiger partial charge in [0.2, 0.25) is 0 Å². The van der Waals surface area contributed by atoms with Gasteiger partial charge in [0, 0.05) is 12.1 Å². The average molecular weight is 346 g/mol. The van der Waals surface area contributed by atoms with Gasteiger partial charge in [0.05, 0.1) is 5.69 Å². The van der Waals surface area contributed by atoms with Gasteiger partial charge in [0.1, 0.15) is 4.21 Å². The van der Waals surface area contributed by atoms with Crippen molar-refractivity contribution in [3.63, 3.8) is 0 Å². The van der Waals surface area contributed by atoms with Gasteiger partial charge in [-0.3, -0.25) is 4.72 Å². The first-order valence-electron chi connectivity index (χ1n) is 8.12. The maximum Gasteiger partial charge on any atom is 0.271 e. The van der Waals surface area contributed by atoms with Crippen LogP contribution in [0.1, 0.15) is 60.4 Å². The normalized spacial score (nSPS) is 25.6. The zero-order valence-electron chi connectivity index (χ0n) is 12.6. The Morgan fingerprint density at radius 3 is 2.70 bits per heavy atom. The van der Waals surface area contributed by atoms with Crippen molar-refractivity contribution in [2.75, 3.05) is 4.72 Å². The van der Waals surface area contributed by atoms with Crippen molar-refractivity contribution in [3.05, 3.63) is 46.3 Å². The molecule has 6 heteroatoms. The van der Waals surface area contributed by atoms with E-state index in [1.807, 2.05) is 23.6 Å². The quantitative estimate of drug-likeness (QED) is 0.882.